The Morgan fingerprint density at radius 3 is 2.76 bits per heavy atom. The number of nitrogens with one attached hydrogen (secondary N) is 1. The van der Waals surface area contributed by atoms with Gasteiger partial charge in [-0.3, -0.25) is 9.59 Å². The summed E-state index contributed by atoms with van der Waals surface area (Å²) in [7, 11) is 0. The molecule has 2 aliphatic rings. The first-order valence-electron chi connectivity index (χ1n) is 9.08. The van der Waals surface area contributed by atoms with Crippen LogP contribution >= 0.6 is 0 Å². The van der Waals surface area contributed by atoms with Crippen LogP contribution in [0.5, 0.6) is 0 Å². The van der Waals surface area contributed by atoms with Gasteiger partial charge in [-0.2, -0.15) is 0 Å². The fraction of sp³-hybridized carbons (Fsp3) is 0.579. The average molecular weight is 348 g/mol. The summed E-state index contributed by atoms with van der Waals surface area (Å²) < 4.78 is 19.0. The molecule has 1 aromatic rings. The van der Waals surface area contributed by atoms with Gasteiger partial charge in [0.05, 0.1) is 18.7 Å². The lowest BCUT2D eigenvalue weighted by Crippen LogP contribution is -2.44. The zero-order valence-electron chi connectivity index (χ0n) is 14.4. The van der Waals surface area contributed by atoms with Crippen LogP contribution in [0.1, 0.15) is 50.1 Å². The van der Waals surface area contributed by atoms with E-state index in [1.165, 1.54) is 12.1 Å². The van der Waals surface area contributed by atoms with Crippen LogP contribution in [-0.2, 0) is 14.3 Å². The van der Waals surface area contributed by atoms with Gasteiger partial charge in [0, 0.05) is 19.6 Å². The summed E-state index contributed by atoms with van der Waals surface area (Å²) in [6.45, 7) is 1.37. The van der Waals surface area contributed by atoms with Crippen LogP contribution in [0.25, 0.3) is 0 Å². The summed E-state index contributed by atoms with van der Waals surface area (Å²) >= 11 is 0. The molecule has 25 heavy (non-hydrogen) atoms. The number of nitrogens with zero attached hydrogens (tertiary/aromatic N) is 1. The van der Waals surface area contributed by atoms with Crippen molar-refractivity contribution in [2.45, 2.75) is 50.7 Å². The number of amides is 2. The van der Waals surface area contributed by atoms with E-state index in [0.717, 1.165) is 37.7 Å². The lowest BCUT2D eigenvalue weighted by atomic mass is 9.99. The number of carbonyl (C=O) groups excluding carboxylic acids is 2. The van der Waals surface area contributed by atoms with Gasteiger partial charge in [0.15, 0.2) is 0 Å². The molecule has 1 N–H and O–H groups in total. The summed E-state index contributed by atoms with van der Waals surface area (Å²) in [6, 6.07) is 5.82. The molecule has 2 saturated heterocycles. The van der Waals surface area contributed by atoms with E-state index >= 15 is 0 Å². The van der Waals surface area contributed by atoms with Gasteiger partial charge in [-0.25, -0.2) is 4.39 Å². The molecule has 2 heterocycles. The number of benzene rings is 1. The molecule has 2 amide bonds. The van der Waals surface area contributed by atoms with Crippen LogP contribution in [0.15, 0.2) is 24.3 Å². The fourth-order valence-corrected chi connectivity index (χ4v) is 3.52. The minimum atomic E-state index is -0.322. The van der Waals surface area contributed by atoms with E-state index in [1.54, 1.807) is 17.0 Å². The second kappa shape index (κ2) is 8.43. The predicted molar refractivity (Wildman–Crippen MR) is 91.3 cm³/mol. The van der Waals surface area contributed by atoms with Crippen molar-refractivity contribution in [3.8, 4) is 0 Å². The molecule has 3 rings (SSSR count). The summed E-state index contributed by atoms with van der Waals surface area (Å²) in [5.41, 5.74) is 0.823. The molecule has 0 unspecified atom stereocenters. The van der Waals surface area contributed by atoms with Gasteiger partial charge in [0.1, 0.15) is 5.82 Å². The van der Waals surface area contributed by atoms with Gasteiger partial charge in [-0.05, 0) is 43.4 Å². The molecule has 5 nitrogen and oxygen atoms in total. The third kappa shape index (κ3) is 4.78. The van der Waals surface area contributed by atoms with E-state index < -0.39 is 0 Å². The Kier molecular flexibility index (Phi) is 6.02. The molecule has 136 valence electrons. The molecule has 0 radical (unpaired) electrons. The third-order valence-corrected chi connectivity index (χ3v) is 4.89. The van der Waals surface area contributed by atoms with Gasteiger partial charge in [0.25, 0.3) is 0 Å². The minimum Gasteiger partial charge on any atom is -0.376 e. The molecule has 2 fully saturated rings. The standard InChI is InChI=1S/C19H25FN2O3/c20-15-9-7-14(8-10-15)19(16-5-4-12-25-16)21-17(23)13-22-11-3-1-2-6-18(22)24/h7-10,16,19H,1-6,11-13H2,(H,21,23)/t16-,19+/m0/s1. The van der Waals surface area contributed by atoms with Gasteiger partial charge in [-0.15, -0.1) is 0 Å². The Labute approximate surface area is 147 Å². The molecule has 1 aromatic carbocycles. The van der Waals surface area contributed by atoms with Crippen LogP contribution in [0.2, 0.25) is 0 Å². The predicted octanol–water partition coefficient (Wildman–Crippen LogP) is 2.56. The largest absolute Gasteiger partial charge is 0.376 e. The number of halogens is 1. The number of likely N-dealkylation sites (tertiary alicyclic amines) is 1. The Morgan fingerprint density at radius 2 is 2.04 bits per heavy atom. The highest BCUT2D eigenvalue weighted by Crippen LogP contribution is 2.27. The van der Waals surface area contributed by atoms with Gasteiger partial charge >= 0.3 is 0 Å². The lowest BCUT2D eigenvalue weighted by molar-refractivity contribution is -0.136. The first kappa shape index (κ1) is 17.9. The summed E-state index contributed by atoms with van der Waals surface area (Å²) in [6.07, 6.45) is 5.05. The summed E-state index contributed by atoms with van der Waals surface area (Å²) in [5.74, 6) is -0.459. The SMILES string of the molecule is O=C(CN1CCCCCC1=O)N[C@H](c1ccc(F)cc1)[C@@H]1CCCO1. The highest BCUT2D eigenvalue weighted by Gasteiger charge is 2.29. The smallest absolute Gasteiger partial charge is 0.240 e. The molecule has 2 atom stereocenters. The summed E-state index contributed by atoms with van der Waals surface area (Å²) in [4.78, 5) is 26.3. The molecule has 0 spiro atoms. The number of ether oxygens (including phenoxy) is 1. The quantitative estimate of drug-likeness (QED) is 0.890. The lowest BCUT2D eigenvalue weighted by Gasteiger charge is -2.27. The Bertz CT molecular complexity index is 599. The van der Waals surface area contributed by atoms with Crippen molar-refractivity contribution in [3.05, 3.63) is 35.6 Å². The molecular weight excluding hydrogens is 323 g/mol. The molecule has 6 heteroatoms. The maximum absolute atomic E-state index is 13.2. The van der Waals surface area contributed by atoms with Crippen LogP contribution < -0.4 is 5.32 Å². The number of hydrogen-bond acceptors (Lipinski definition) is 3. The highest BCUT2D eigenvalue weighted by atomic mass is 19.1. The van der Waals surface area contributed by atoms with E-state index in [4.69, 9.17) is 4.74 Å². The Balaban J connectivity index is 1.67. The van der Waals surface area contributed by atoms with Crippen molar-refractivity contribution in [2.75, 3.05) is 19.7 Å². The minimum absolute atomic E-state index is 0.0445. The van der Waals surface area contributed by atoms with Crippen molar-refractivity contribution in [1.29, 1.82) is 0 Å². The number of rotatable bonds is 5. The average Bonchev–Trinajstić information content (AvgIpc) is 3.06. The number of hydrogen-bond donors (Lipinski definition) is 1. The fourth-order valence-electron chi connectivity index (χ4n) is 3.52. The monoisotopic (exact) mass is 348 g/mol. The van der Waals surface area contributed by atoms with E-state index in [1.807, 2.05) is 0 Å². The van der Waals surface area contributed by atoms with Crippen molar-refractivity contribution in [2.24, 2.45) is 0 Å². The molecule has 0 saturated carbocycles. The molecule has 2 aliphatic heterocycles. The van der Waals surface area contributed by atoms with Gasteiger partial charge in [-0.1, -0.05) is 18.6 Å². The maximum atomic E-state index is 13.2. The third-order valence-electron chi connectivity index (χ3n) is 4.89. The molecule has 0 bridgehead atoms. The van der Waals surface area contributed by atoms with Crippen molar-refractivity contribution < 1.29 is 18.7 Å². The Hall–Kier alpha value is -1.95. The van der Waals surface area contributed by atoms with Gasteiger partial charge < -0.3 is 15.0 Å². The van der Waals surface area contributed by atoms with Crippen molar-refractivity contribution >= 4 is 11.8 Å². The summed E-state index contributed by atoms with van der Waals surface area (Å²) in [5, 5.41) is 3.00. The number of carbonyl (C=O) groups is 2. The van der Waals surface area contributed by atoms with E-state index in [-0.39, 0.29) is 36.3 Å². The second-order valence-electron chi connectivity index (χ2n) is 6.77. The van der Waals surface area contributed by atoms with Crippen molar-refractivity contribution in [3.63, 3.8) is 0 Å². The van der Waals surface area contributed by atoms with Crippen LogP contribution in [-0.4, -0.2) is 42.5 Å². The zero-order chi connectivity index (χ0) is 17.6. The molecule has 0 aliphatic carbocycles. The first-order valence-corrected chi connectivity index (χ1v) is 9.08. The van der Waals surface area contributed by atoms with E-state index in [9.17, 15) is 14.0 Å². The Morgan fingerprint density at radius 1 is 1.24 bits per heavy atom. The zero-order valence-corrected chi connectivity index (χ0v) is 14.4. The molecule has 0 aromatic heterocycles. The van der Waals surface area contributed by atoms with Gasteiger partial charge in [0.2, 0.25) is 11.8 Å². The van der Waals surface area contributed by atoms with E-state index in [2.05, 4.69) is 5.32 Å². The van der Waals surface area contributed by atoms with Crippen LogP contribution in [0, 0.1) is 5.82 Å². The second-order valence-corrected chi connectivity index (χ2v) is 6.77. The van der Waals surface area contributed by atoms with Crippen LogP contribution in [0.4, 0.5) is 4.39 Å². The van der Waals surface area contributed by atoms with E-state index in [0.29, 0.717) is 19.6 Å². The van der Waals surface area contributed by atoms with Crippen molar-refractivity contribution in [1.82, 2.24) is 10.2 Å². The normalized spacial score (nSPS) is 22.5. The first-order chi connectivity index (χ1) is 12.1. The molecular formula is C19H25FN2O3. The maximum Gasteiger partial charge on any atom is 0.240 e. The highest BCUT2D eigenvalue weighted by molar-refractivity contribution is 5.85. The van der Waals surface area contributed by atoms with Crippen LogP contribution in [0.3, 0.4) is 0 Å². The topological polar surface area (TPSA) is 58.6 Å².